The quantitative estimate of drug-likeness (QED) is 0.760. The van der Waals surface area contributed by atoms with E-state index in [1.165, 1.54) is 26.0 Å². The first-order valence-electron chi connectivity index (χ1n) is 7.33. The van der Waals surface area contributed by atoms with Gasteiger partial charge in [-0.25, -0.2) is 0 Å². The number of nitrogen functional groups attached to an aromatic ring is 1. The standard InChI is InChI=1S/C13H15ClN2/c1-13(2,3)12-10(15)7-8-6-9(14)4-5-11(8)16-12/h4-7H,15H2,1-3H3/i1D3,5D,6D. The molecule has 0 spiro atoms. The highest BCUT2D eigenvalue weighted by molar-refractivity contribution is 6.31. The lowest BCUT2D eigenvalue weighted by Crippen LogP contribution is -2.16. The molecular weight excluding hydrogens is 220 g/mol. The molecule has 0 aliphatic heterocycles. The molecule has 2 nitrogen and oxygen atoms in total. The van der Waals surface area contributed by atoms with E-state index in [0.717, 1.165) is 0 Å². The number of nitrogens with two attached hydrogens (primary N) is 1. The van der Waals surface area contributed by atoms with Crippen molar-refractivity contribution in [2.75, 3.05) is 5.73 Å². The molecule has 84 valence electrons. The molecule has 3 heteroatoms. The SMILES string of the molecule is [2H]c1c(Cl)cc([2H])c2nc(C(C)(C)C([2H])([2H])[2H])c(N)cc12. The van der Waals surface area contributed by atoms with Crippen LogP contribution in [0.4, 0.5) is 5.69 Å². The van der Waals surface area contributed by atoms with Crippen LogP contribution in [0, 0.1) is 0 Å². The molecule has 0 aliphatic carbocycles. The molecule has 0 saturated heterocycles. The molecular formula is C13H15ClN2. The lowest BCUT2D eigenvalue weighted by molar-refractivity contribution is 0.574. The Morgan fingerprint density at radius 1 is 1.56 bits per heavy atom. The third-order valence-corrected chi connectivity index (χ3v) is 2.44. The van der Waals surface area contributed by atoms with Crippen LogP contribution >= 0.6 is 11.6 Å². The van der Waals surface area contributed by atoms with Gasteiger partial charge in [0.1, 0.15) is 0 Å². The second-order valence-corrected chi connectivity index (χ2v) is 4.62. The van der Waals surface area contributed by atoms with Crippen LogP contribution in [-0.4, -0.2) is 4.98 Å². The molecule has 0 amide bonds. The summed E-state index contributed by atoms with van der Waals surface area (Å²) >= 11 is 5.88. The predicted molar refractivity (Wildman–Crippen MR) is 69.9 cm³/mol. The predicted octanol–water partition coefficient (Wildman–Crippen LogP) is 3.77. The number of halogens is 1. The zero-order valence-electron chi connectivity index (χ0n) is 14.1. The van der Waals surface area contributed by atoms with Crippen molar-refractivity contribution in [3.8, 4) is 0 Å². The maximum absolute atomic E-state index is 7.92. The van der Waals surface area contributed by atoms with Gasteiger partial charge in [0.25, 0.3) is 0 Å². The average molecular weight is 240 g/mol. The Balaban J connectivity index is 2.84. The van der Waals surface area contributed by atoms with Gasteiger partial charge in [-0.2, -0.15) is 0 Å². The summed E-state index contributed by atoms with van der Waals surface area (Å²) in [7, 11) is 0. The Hall–Kier alpha value is -1.28. The molecule has 2 aromatic rings. The summed E-state index contributed by atoms with van der Waals surface area (Å²) in [5.41, 5.74) is 5.28. The fourth-order valence-corrected chi connectivity index (χ4v) is 1.69. The molecule has 0 aliphatic rings. The Morgan fingerprint density at radius 2 is 2.31 bits per heavy atom. The Morgan fingerprint density at radius 3 is 3.00 bits per heavy atom. The van der Waals surface area contributed by atoms with Crippen LogP contribution in [0.5, 0.6) is 0 Å². The maximum atomic E-state index is 7.92. The maximum Gasteiger partial charge on any atom is 0.0708 e. The smallest absolute Gasteiger partial charge is 0.0708 e. The molecule has 0 atom stereocenters. The van der Waals surface area contributed by atoms with Gasteiger partial charge in [-0.3, -0.25) is 4.98 Å². The summed E-state index contributed by atoms with van der Waals surface area (Å²) in [4.78, 5) is 4.26. The van der Waals surface area contributed by atoms with Crippen LogP contribution in [0.2, 0.25) is 5.02 Å². The number of hydrogen-bond donors (Lipinski definition) is 1. The van der Waals surface area contributed by atoms with Gasteiger partial charge in [0.05, 0.1) is 19.6 Å². The lowest BCUT2D eigenvalue weighted by atomic mass is 9.90. The largest absolute Gasteiger partial charge is 0.397 e. The van der Waals surface area contributed by atoms with Crippen molar-refractivity contribution in [1.29, 1.82) is 0 Å². The van der Waals surface area contributed by atoms with E-state index >= 15 is 0 Å². The molecule has 2 N–H and O–H groups in total. The van der Waals surface area contributed by atoms with E-state index in [1.54, 1.807) is 0 Å². The van der Waals surface area contributed by atoms with Gasteiger partial charge in [0.2, 0.25) is 0 Å². The topological polar surface area (TPSA) is 38.9 Å². The molecule has 2 rings (SSSR count). The second kappa shape index (κ2) is 3.63. The van der Waals surface area contributed by atoms with Crippen molar-refractivity contribution in [2.45, 2.75) is 26.1 Å². The van der Waals surface area contributed by atoms with Crippen molar-refractivity contribution >= 4 is 28.2 Å². The molecule has 0 bridgehead atoms. The number of rotatable bonds is 0. The molecule has 0 unspecified atom stereocenters. The van der Waals surface area contributed by atoms with Crippen LogP contribution in [0.25, 0.3) is 10.9 Å². The number of aromatic nitrogens is 1. The molecule has 1 heterocycles. The van der Waals surface area contributed by atoms with Crippen molar-refractivity contribution < 1.29 is 6.85 Å². The minimum absolute atomic E-state index is 0.0279. The first-order valence-corrected chi connectivity index (χ1v) is 5.21. The number of fused-ring (bicyclic) bond motifs is 1. The third kappa shape index (κ3) is 1.98. The summed E-state index contributed by atoms with van der Waals surface area (Å²) in [5, 5.41) is 0.478. The summed E-state index contributed by atoms with van der Waals surface area (Å²) < 4.78 is 38.7. The minimum atomic E-state index is -2.29. The van der Waals surface area contributed by atoms with Gasteiger partial charge < -0.3 is 5.73 Å². The average Bonchev–Trinajstić information content (AvgIpc) is 2.34. The van der Waals surface area contributed by atoms with E-state index in [0.29, 0.717) is 5.39 Å². The number of hydrogen-bond acceptors (Lipinski definition) is 2. The van der Waals surface area contributed by atoms with Crippen molar-refractivity contribution in [3.63, 3.8) is 0 Å². The molecule has 0 saturated carbocycles. The highest BCUT2D eigenvalue weighted by Gasteiger charge is 2.19. The highest BCUT2D eigenvalue weighted by Crippen LogP contribution is 2.29. The fourth-order valence-electron chi connectivity index (χ4n) is 1.53. The van der Waals surface area contributed by atoms with Gasteiger partial charge in [-0.1, -0.05) is 32.3 Å². The zero-order chi connectivity index (χ0) is 16.2. The van der Waals surface area contributed by atoms with Gasteiger partial charge >= 0.3 is 0 Å². The Kier molecular flexibility index (Phi) is 1.47. The van der Waals surface area contributed by atoms with E-state index in [1.807, 2.05) is 0 Å². The molecule has 0 radical (unpaired) electrons. The number of pyridine rings is 1. The minimum Gasteiger partial charge on any atom is -0.397 e. The third-order valence-electron chi connectivity index (χ3n) is 2.23. The van der Waals surface area contributed by atoms with E-state index in [-0.39, 0.29) is 34.0 Å². The summed E-state index contributed by atoms with van der Waals surface area (Å²) in [5.74, 6) is 0. The monoisotopic (exact) mass is 239 g/mol. The highest BCUT2D eigenvalue weighted by atomic mass is 35.5. The van der Waals surface area contributed by atoms with Crippen molar-refractivity contribution in [3.05, 3.63) is 34.9 Å². The van der Waals surface area contributed by atoms with Gasteiger partial charge in [0, 0.05) is 19.9 Å². The van der Waals surface area contributed by atoms with Crippen LogP contribution in [0.1, 0.15) is 33.2 Å². The number of nitrogens with zero attached hydrogens (tertiary/aromatic N) is 1. The van der Waals surface area contributed by atoms with Crippen LogP contribution in [0.15, 0.2) is 24.2 Å². The summed E-state index contributed by atoms with van der Waals surface area (Å²) in [6.07, 6.45) is 0. The second-order valence-electron chi connectivity index (χ2n) is 4.21. The normalized spacial score (nSPS) is 17.3. The Labute approximate surface area is 107 Å². The van der Waals surface area contributed by atoms with Crippen molar-refractivity contribution in [2.24, 2.45) is 0 Å². The van der Waals surface area contributed by atoms with E-state index in [4.69, 9.17) is 24.2 Å². The summed E-state index contributed by atoms with van der Waals surface area (Å²) in [6, 6.07) is 2.85. The summed E-state index contributed by atoms with van der Waals surface area (Å²) in [6.45, 7) is 0.775. The van der Waals surface area contributed by atoms with E-state index < -0.39 is 12.3 Å². The van der Waals surface area contributed by atoms with E-state index in [2.05, 4.69) is 4.98 Å². The molecule has 0 fully saturated rings. The number of anilines is 1. The fraction of sp³-hybridized carbons (Fsp3) is 0.308. The van der Waals surface area contributed by atoms with Crippen molar-refractivity contribution in [1.82, 2.24) is 4.98 Å². The van der Waals surface area contributed by atoms with Gasteiger partial charge in [-0.05, 0) is 24.2 Å². The van der Waals surface area contributed by atoms with Gasteiger partial charge in [0.15, 0.2) is 0 Å². The van der Waals surface area contributed by atoms with E-state index in [9.17, 15) is 0 Å². The van der Waals surface area contributed by atoms with Crippen LogP contribution < -0.4 is 5.73 Å². The van der Waals surface area contributed by atoms with Crippen LogP contribution in [-0.2, 0) is 5.41 Å². The number of benzene rings is 1. The zero-order valence-corrected chi connectivity index (χ0v) is 9.81. The molecule has 1 aromatic heterocycles. The lowest BCUT2D eigenvalue weighted by Gasteiger charge is -2.20. The molecule has 16 heavy (non-hydrogen) atoms. The first kappa shape index (κ1) is 6.45. The molecule has 1 aromatic carbocycles. The first-order chi connectivity index (χ1) is 9.46. The van der Waals surface area contributed by atoms with Gasteiger partial charge in [-0.15, -0.1) is 0 Å². The van der Waals surface area contributed by atoms with Crippen LogP contribution in [0.3, 0.4) is 0 Å². The Bertz CT molecular complexity index is 725.